The van der Waals surface area contributed by atoms with E-state index in [2.05, 4.69) is 0 Å². The molecule has 0 aromatic heterocycles. The number of rotatable bonds is 2. The second-order valence-corrected chi connectivity index (χ2v) is 6.09. The molecule has 4 atom stereocenters. The van der Waals surface area contributed by atoms with Crippen molar-refractivity contribution in [2.24, 2.45) is 23.2 Å². The van der Waals surface area contributed by atoms with Crippen molar-refractivity contribution in [3.05, 3.63) is 0 Å². The Morgan fingerprint density at radius 3 is 2.56 bits per heavy atom. The topological polar surface area (TPSA) is 34.1 Å². The fraction of sp³-hybridized carbons (Fsp3) is 0.857. The molecule has 0 aromatic rings. The van der Waals surface area contributed by atoms with Crippen LogP contribution in [0.5, 0.6) is 0 Å². The molecule has 0 radical (unpaired) electrons. The summed E-state index contributed by atoms with van der Waals surface area (Å²) in [5.41, 5.74) is -0.542. The maximum Gasteiger partial charge on any atom is 0.146 e. The van der Waals surface area contributed by atoms with E-state index < -0.39 is 5.41 Å². The van der Waals surface area contributed by atoms with Crippen LogP contribution in [0.3, 0.4) is 0 Å². The van der Waals surface area contributed by atoms with Gasteiger partial charge in [-0.05, 0) is 56.8 Å². The first-order valence-electron chi connectivity index (χ1n) is 6.69. The van der Waals surface area contributed by atoms with E-state index in [1.54, 1.807) is 6.92 Å². The number of hydrogen-bond acceptors (Lipinski definition) is 2. The number of hydrogen-bond donors (Lipinski definition) is 0. The van der Waals surface area contributed by atoms with Crippen molar-refractivity contribution in [1.82, 2.24) is 0 Å². The zero-order valence-corrected chi connectivity index (χ0v) is 10.00. The van der Waals surface area contributed by atoms with Crippen molar-refractivity contribution in [3.8, 4) is 0 Å². The third-order valence-corrected chi connectivity index (χ3v) is 5.47. The first-order valence-corrected chi connectivity index (χ1v) is 6.69. The molecule has 3 aliphatic carbocycles. The van der Waals surface area contributed by atoms with Crippen LogP contribution in [0.25, 0.3) is 0 Å². The number of ketones is 2. The Labute approximate surface area is 96.8 Å². The lowest BCUT2D eigenvalue weighted by atomic mass is 9.64. The Kier molecular flexibility index (Phi) is 2.24. The van der Waals surface area contributed by atoms with Crippen LogP contribution < -0.4 is 0 Å². The summed E-state index contributed by atoms with van der Waals surface area (Å²) in [4.78, 5) is 24.2. The maximum atomic E-state index is 12.2. The average Bonchev–Trinajstić information content (AvgIpc) is 2.90. The van der Waals surface area contributed by atoms with Gasteiger partial charge in [0.1, 0.15) is 11.6 Å². The van der Waals surface area contributed by atoms with Crippen LogP contribution >= 0.6 is 0 Å². The summed E-state index contributed by atoms with van der Waals surface area (Å²) in [6.07, 6.45) is 7.46. The molecule has 2 nitrogen and oxygen atoms in total. The summed E-state index contributed by atoms with van der Waals surface area (Å²) in [5.74, 6) is 2.32. The quantitative estimate of drug-likeness (QED) is 0.670. The van der Waals surface area contributed by atoms with Gasteiger partial charge in [-0.3, -0.25) is 9.59 Å². The SMILES string of the molecule is CC(=O)C1(C2CC3CCC2C3)CCCC1=O. The van der Waals surface area contributed by atoms with Crippen molar-refractivity contribution >= 4 is 11.6 Å². The van der Waals surface area contributed by atoms with Gasteiger partial charge in [-0.1, -0.05) is 6.42 Å². The van der Waals surface area contributed by atoms with Gasteiger partial charge >= 0.3 is 0 Å². The second kappa shape index (κ2) is 3.41. The normalized spacial score (nSPS) is 46.6. The third-order valence-electron chi connectivity index (χ3n) is 5.47. The summed E-state index contributed by atoms with van der Waals surface area (Å²) >= 11 is 0. The van der Waals surface area contributed by atoms with Crippen molar-refractivity contribution in [1.29, 1.82) is 0 Å². The minimum atomic E-state index is -0.542. The zero-order chi connectivity index (χ0) is 11.3. The maximum absolute atomic E-state index is 12.2. The third kappa shape index (κ3) is 1.19. The number of Topliss-reactive ketones (excluding diaryl/α,β-unsaturated/α-hetero) is 2. The van der Waals surface area contributed by atoms with E-state index in [1.807, 2.05) is 0 Å². The Morgan fingerprint density at radius 2 is 2.12 bits per heavy atom. The largest absolute Gasteiger partial charge is 0.299 e. The molecule has 88 valence electrons. The Morgan fingerprint density at radius 1 is 1.31 bits per heavy atom. The van der Waals surface area contributed by atoms with Crippen molar-refractivity contribution in [2.45, 2.75) is 51.9 Å². The highest BCUT2D eigenvalue weighted by Gasteiger charge is 2.57. The lowest BCUT2D eigenvalue weighted by Crippen LogP contribution is -2.43. The predicted molar refractivity (Wildman–Crippen MR) is 60.9 cm³/mol. The van der Waals surface area contributed by atoms with E-state index in [0.29, 0.717) is 18.3 Å². The highest BCUT2D eigenvalue weighted by atomic mass is 16.2. The molecule has 16 heavy (non-hydrogen) atoms. The minimum Gasteiger partial charge on any atom is -0.299 e. The Bertz CT molecular complexity index is 347. The number of carbonyl (C=O) groups excluding carboxylic acids is 2. The zero-order valence-electron chi connectivity index (χ0n) is 10.00. The average molecular weight is 220 g/mol. The van der Waals surface area contributed by atoms with Crippen molar-refractivity contribution in [3.63, 3.8) is 0 Å². The van der Waals surface area contributed by atoms with E-state index in [4.69, 9.17) is 0 Å². The van der Waals surface area contributed by atoms with E-state index in [-0.39, 0.29) is 11.6 Å². The molecule has 0 N–H and O–H groups in total. The lowest BCUT2D eigenvalue weighted by Gasteiger charge is -2.36. The molecular weight excluding hydrogens is 200 g/mol. The lowest BCUT2D eigenvalue weighted by molar-refractivity contribution is -0.142. The number of carbonyl (C=O) groups is 2. The monoisotopic (exact) mass is 220 g/mol. The van der Waals surface area contributed by atoms with Gasteiger partial charge in [-0.15, -0.1) is 0 Å². The van der Waals surface area contributed by atoms with Gasteiger partial charge < -0.3 is 0 Å². The standard InChI is InChI=1S/C14H20O2/c1-9(15)14(6-2-3-13(14)16)12-8-10-4-5-11(12)7-10/h10-12H,2-8H2,1H3. The van der Waals surface area contributed by atoms with Gasteiger partial charge in [0.25, 0.3) is 0 Å². The molecule has 3 saturated carbocycles. The van der Waals surface area contributed by atoms with Gasteiger partial charge in [0.05, 0.1) is 5.41 Å². The molecular formula is C14H20O2. The van der Waals surface area contributed by atoms with E-state index >= 15 is 0 Å². The fourth-order valence-electron chi connectivity index (χ4n) is 4.76. The molecule has 3 rings (SSSR count). The first-order chi connectivity index (χ1) is 7.64. The highest BCUT2D eigenvalue weighted by molar-refractivity contribution is 6.07. The molecule has 0 amide bonds. The number of fused-ring (bicyclic) bond motifs is 2. The van der Waals surface area contributed by atoms with Gasteiger partial charge in [-0.25, -0.2) is 0 Å². The molecule has 0 aromatic carbocycles. The van der Waals surface area contributed by atoms with Crippen LogP contribution in [0, 0.1) is 23.2 Å². The molecule has 3 fully saturated rings. The fourth-order valence-corrected chi connectivity index (χ4v) is 4.76. The minimum absolute atomic E-state index is 0.160. The molecule has 3 aliphatic rings. The van der Waals surface area contributed by atoms with Crippen LogP contribution in [-0.4, -0.2) is 11.6 Å². The van der Waals surface area contributed by atoms with Crippen LogP contribution in [-0.2, 0) is 9.59 Å². The highest BCUT2D eigenvalue weighted by Crippen LogP contribution is 2.58. The van der Waals surface area contributed by atoms with Crippen LogP contribution in [0.4, 0.5) is 0 Å². The van der Waals surface area contributed by atoms with Gasteiger partial charge in [0.2, 0.25) is 0 Å². The smallest absolute Gasteiger partial charge is 0.146 e. The summed E-state index contributed by atoms with van der Waals surface area (Å²) in [5, 5.41) is 0. The second-order valence-electron chi connectivity index (χ2n) is 6.09. The summed E-state index contributed by atoms with van der Waals surface area (Å²) in [7, 11) is 0. The van der Waals surface area contributed by atoms with Crippen molar-refractivity contribution in [2.75, 3.05) is 0 Å². The van der Waals surface area contributed by atoms with E-state index in [0.717, 1.165) is 25.2 Å². The first kappa shape index (κ1) is 10.5. The molecule has 0 spiro atoms. The summed E-state index contributed by atoms with van der Waals surface area (Å²) < 4.78 is 0. The molecule has 2 heteroatoms. The van der Waals surface area contributed by atoms with Gasteiger partial charge in [0.15, 0.2) is 0 Å². The van der Waals surface area contributed by atoms with Crippen LogP contribution in [0.1, 0.15) is 51.9 Å². The van der Waals surface area contributed by atoms with Crippen molar-refractivity contribution < 1.29 is 9.59 Å². The summed E-state index contributed by atoms with van der Waals surface area (Å²) in [6, 6.07) is 0. The summed E-state index contributed by atoms with van der Waals surface area (Å²) in [6.45, 7) is 1.65. The van der Waals surface area contributed by atoms with Crippen LogP contribution in [0.15, 0.2) is 0 Å². The molecule has 0 saturated heterocycles. The molecule has 4 unspecified atom stereocenters. The molecule has 2 bridgehead atoms. The molecule has 0 aliphatic heterocycles. The van der Waals surface area contributed by atoms with Gasteiger partial charge in [0, 0.05) is 6.42 Å². The molecule has 0 heterocycles. The van der Waals surface area contributed by atoms with Gasteiger partial charge in [-0.2, -0.15) is 0 Å². The van der Waals surface area contributed by atoms with Crippen LogP contribution in [0.2, 0.25) is 0 Å². The Balaban J connectivity index is 1.95. The van der Waals surface area contributed by atoms with E-state index in [9.17, 15) is 9.59 Å². The Hall–Kier alpha value is -0.660. The predicted octanol–water partition coefficient (Wildman–Crippen LogP) is 2.75. The van der Waals surface area contributed by atoms with E-state index in [1.165, 1.54) is 19.3 Å².